The van der Waals surface area contributed by atoms with Gasteiger partial charge < -0.3 is 15.3 Å². The Kier molecular flexibility index (Phi) is 5.71. The largest absolute Gasteiger partial charge is 0.368 e. The molecule has 3 heterocycles. The van der Waals surface area contributed by atoms with Crippen LogP contribution in [-0.4, -0.2) is 37.9 Å². The SMILES string of the molecule is Cn1ncc(NC(O)c2cncc(-c3ccccc3F)n2)c1N1CCCCCC1. The van der Waals surface area contributed by atoms with Crippen LogP contribution in [-0.2, 0) is 7.05 Å². The zero-order chi connectivity index (χ0) is 20.2. The van der Waals surface area contributed by atoms with Crippen molar-refractivity contribution >= 4 is 11.5 Å². The van der Waals surface area contributed by atoms with Gasteiger partial charge in [0.2, 0.25) is 0 Å². The number of aliphatic hydroxyl groups excluding tert-OH is 1. The molecule has 3 aromatic rings. The lowest BCUT2D eigenvalue weighted by atomic mass is 10.1. The van der Waals surface area contributed by atoms with Gasteiger partial charge in [-0.2, -0.15) is 5.10 Å². The van der Waals surface area contributed by atoms with E-state index in [2.05, 4.69) is 25.3 Å². The predicted molar refractivity (Wildman–Crippen MR) is 110 cm³/mol. The average Bonchev–Trinajstić information content (AvgIpc) is 2.93. The van der Waals surface area contributed by atoms with Crippen molar-refractivity contribution in [3.63, 3.8) is 0 Å². The minimum Gasteiger partial charge on any atom is -0.368 e. The van der Waals surface area contributed by atoms with E-state index in [9.17, 15) is 9.50 Å². The van der Waals surface area contributed by atoms with Crippen molar-refractivity contribution in [1.29, 1.82) is 0 Å². The van der Waals surface area contributed by atoms with Gasteiger partial charge in [0.05, 0.1) is 30.0 Å². The third-order valence-electron chi connectivity index (χ3n) is 5.19. The number of nitrogens with one attached hydrogen (secondary N) is 1. The van der Waals surface area contributed by atoms with E-state index in [1.807, 2.05) is 11.7 Å². The predicted octanol–water partition coefficient (Wildman–Crippen LogP) is 3.50. The summed E-state index contributed by atoms with van der Waals surface area (Å²) in [5.41, 5.74) is 1.78. The van der Waals surface area contributed by atoms with Crippen molar-refractivity contribution in [2.45, 2.75) is 31.9 Å². The number of aromatic nitrogens is 4. The number of rotatable bonds is 5. The fourth-order valence-corrected chi connectivity index (χ4v) is 3.72. The maximum absolute atomic E-state index is 14.1. The Bertz CT molecular complexity index is 967. The van der Waals surface area contributed by atoms with Crippen LogP contribution in [0.3, 0.4) is 0 Å². The van der Waals surface area contributed by atoms with Crippen LogP contribution in [0.25, 0.3) is 11.3 Å². The van der Waals surface area contributed by atoms with E-state index >= 15 is 0 Å². The van der Waals surface area contributed by atoms with Crippen LogP contribution in [0.1, 0.15) is 37.6 Å². The van der Waals surface area contributed by atoms with Gasteiger partial charge in [0.1, 0.15) is 17.3 Å². The number of nitrogens with zero attached hydrogens (tertiary/aromatic N) is 5. The van der Waals surface area contributed by atoms with Crippen LogP contribution in [0.4, 0.5) is 15.9 Å². The quantitative estimate of drug-likeness (QED) is 0.643. The molecule has 152 valence electrons. The van der Waals surface area contributed by atoms with Gasteiger partial charge in [-0.25, -0.2) is 9.37 Å². The zero-order valence-electron chi connectivity index (χ0n) is 16.4. The molecule has 0 spiro atoms. The lowest BCUT2D eigenvalue weighted by molar-refractivity contribution is 0.203. The molecule has 1 unspecified atom stereocenters. The van der Waals surface area contributed by atoms with Gasteiger partial charge in [0, 0.05) is 25.7 Å². The molecule has 0 bridgehead atoms. The number of hydrogen-bond acceptors (Lipinski definition) is 6. The highest BCUT2D eigenvalue weighted by Gasteiger charge is 2.21. The summed E-state index contributed by atoms with van der Waals surface area (Å²) in [5, 5.41) is 18.2. The summed E-state index contributed by atoms with van der Waals surface area (Å²) in [6.07, 6.45) is 8.33. The van der Waals surface area contributed by atoms with Crippen molar-refractivity contribution in [3.8, 4) is 11.3 Å². The van der Waals surface area contributed by atoms with E-state index in [0.29, 0.717) is 17.0 Å². The molecule has 1 aliphatic rings. The Morgan fingerprint density at radius 1 is 1.07 bits per heavy atom. The summed E-state index contributed by atoms with van der Waals surface area (Å²) in [6, 6.07) is 6.38. The number of aliphatic hydroxyl groups is 1. The molecule has 0 amide bonds. The number of halogens is 1. The van der Waals surface area contributed by atoms with Gasteiger partial charge >= 0.3 is 0 Å². The number of hydrogen-bond donors (Lipinski definition) is 2. The number of aryl methyl sites for hydroxylation is 1. The summed E-state index contributed by atoms with van der Waals surface area (Å²) >= 11 is 0. The van der Waals surface area contributed by atoms with E-state index in [1.165, 1.54) is 31.3 Å². The van der Waals surface area contributed by atoms with Gasteiger partial charge in [-0.3, -0.25) is 9.67 Å². The zero-order valence-corrected chi connectivity index (χ0v) is 16.4. The summed E-state index contributed by atoms with van der Waals surface area (Å²) in [4.78, 5) is 10.8. The van der Waals surface area contributed by atoms with Crippen LogP contribution in [0.2, 0.25) is 0 Å². The normalized spacial score (nSPS) is 15.8. The molecule has 8 heteroatoms. The lowest BCUT2D eigenvalue weighted by Gasteiger charge is -2.25. The Labute approximate surface area is 169 Å². The van der Waals surface area contributed by atoms with Crippen LogP contribution in [0.15, 0.2) is 42.9 Å². The highest BCUT2D eigenvalue weighted by Crippen LogP contribution is 2.30. The molecule has 2 N–H and O–H groups in total. The van der Waals surface area contributed by atoms with Gasteiger partial charge in [-0.1, -0.05) is 25.0 Å². The topological polar surface area (TPSA) is 79.1 Å². The Balaban J connectivity index is 1.57. The fraction of sp³-hybridized carbons (Fsp3) is 0.381. The Morgan fingerprint density at radius 2 is 1.83 bits per heavy atom. The van der Waals surface area contributed by atoms with Gasteiger partial charge in [-0.05, 0) is 25.0 Å². The first-order valence-corrected chi connectivity index (χ1v) is 9.92. The number of benzene rings is 1. The van der Waals surface area contributed by atoms with Crippen LogP contribution >= 0.6 is 0 Å². The highest BCUT2D eigenvalue weighted by atomic mass is 19.1. The molecule has 2 aromatic heterocycles. The highest BCUT2D eigenvalue weighted by molar-refractivity contribution is 5.66. The van der Waals surface area contributed by atoms with Crippen LogP contribution in [0, 0.1) is 5.82 Å². The van der Waals surface area contributed by atoms with Gasteiger partial charge in [0.25, 0.3) is 0 Å². The second-order valence-corrected chi connectivity index (χ2v) is 7.26. The minimum atomic E-state index is -1.09. The smallest absolute Gasteiger partial charge is 0.169 e. The first-order chi connectivity index (χ1) is 14.1. The second-order valence-electron chi connectivity index (χ2n) is 7.26. The Morgan fingerprint density at radius 3 is 2.59 bits per heavy atom. The van der Waals surface area contributed by atoms with Crippen LogP contribution < -0.4 is 10.2 Å². The van der Waals surface area contributed by atoms with Crippen molar-refractivity contribution in [2.75, 3.05) is 23.3 Å². The van der Waals surface area contributed by atoms with Crippen molar-refractivity contribution < 1.29 is 9.50 Å². The molecule has 1 aliphatic heterocycles. The molecule has 1 aromatic carbocycles. The van der Waals surface area contributed by atoms with Crippen molar-refractivity contribution in [3.05, 3.63) is 54.4 Å². The first kappa shape index (κ1) is 19.3. The summed E-state index contributed by atoms with van der Waals surface area (Å²) < 4.78 is 15.9. The standard InChI is InChI=1S/C21H25FN6O/c1-27-21(28-10-6-2-3-7-11-28)19(14-24-27)26-20(29)18-13-23-12-17(25-18)15-8-4-5-9-16(15)22/h4-5,8-9,12-14,20,26,29H,2-3,6-7,10-11H2,1H3. The van der Waals surface area contributed by atoms with E-state index in [1.54, 1.807) is 24.4 Å². The second kappa shape index (κ2) is 8.57. The molecule has 4 rings (SSSR count). The van der Waals surface area contributed by atoms with E-state index < -0.39 is 6.23 Å². The molecule has 1 saturated heterocycles. The summed E-state index contributed by atoms with van der Waals surface area (Å²) in [5.74, 6) is 0.571. The monoisotopic (exact) mass is 396 g/mol. The molecule has 0 radical (unpaired) electrons. The Hall–Kier alpha value is -3.00. The molecule has 29 heavy (non-hydrogen) atoms. The van der Waals surface area contributed by atoms with E-state index in [-0.39, 0.29) is 5.82 Å². The first-order valence-electron chi connectivity index (χ1n) is 9.92. The van der Waals surface area contributed by atoms with Crippen LogP contribution in [0.5, 0.6) is 0 Å². The summed E-state index contributed by atoms with van der Waals surface area (Å²) in [7, 11) is 1.90. The third kappa shape index (κ3) is 4.22. The lowest BCUT2D eigenvalue weighted by Crippen LogP contribution is -2.27. The fourth-order valence-electron chi connectivity index (χ4n) is 3.72. The molecule has 0 saturated carbocycles. The van der Waals surface area contributed by atoms with Gasteiger partial charge in [0.15, 0.2) is 6.23 Å². The molecule has 7 nitrogen and oxygen atoms in total. The van der Waals surface area contributed by atoms with Crippen molar-refractivity contribution in [2.24, 2.45) is 7.05 Å². The average molecular weight is 396 g/mol. The molecule has 1 atom stereocenters. The molecule has 0 aliphatic carbocycles. The summed E-state index contributed by atoms with van der Waals surface area (Å²) in [6.45, 7) is 1.93. The maximum atomic E-state index is 14.1. The molecular weight excluding hydrogens is 371 g/mol. The molecular formula is C21H25FN6O. The molecule has 1 fully saturated rings. The number of anilines is 2. The van der Waals surface area contributed by atoms with E-state index in [0.717, 1.165) is 37.4 Å². The third-order valence-corrected chi connectivity index (χ3v) is 5.19. The minimum absolute atomic E-state index is 0.316. The van der Waals surface area contributed by atoms with Gasteiger partial charge in [-0.15, -0.1) is 0 Å². The van der Waals surface area contributed by atoms with Crippen molar-refractivity contribution in [1.82, 2.24) is 19.7 Å². The maximum Gasteiger partial charge on any atom is 0.169 e. The van der Waals surface area contributed by atoms with E-state index in [4.69, 9.17) is 0 Å².